The number of likely N-dealkylation sites (N-methyl/N-ethyl adjacent to an activating group) is 1. The topological polar surface area (TPSA) is 21.3 Å². The van der Waals surface area contributed by atoms with Crippen molar-refractivity contribution in [3.8, 4) is 0 Å². The first kappa shape index (κ1) is 13.6. The number of ether oxygens (including phenoxy) is 1. The Bertz CT molecular complexity index is 427. The highest BCUT2D eigenvalue weighted by Gasteiger charge is 2.23. The highest BCUT2D eigenvalue weighted by atomic mass is 79.9. The van der Waals surface area contributed by atoms with E-state index in [1.165, 1.54) is 6.07 Å². The van der Waals surface area contributed by atoms with Crippen LogP contribution in [0.3, 0.4) is 0 Å². The van der Waals surface area contributed by atoms with Crippen LogP contribution < -0.4 is 5.32 Å². The van der Waals surface area contributed by atoms with Crippen LogP contribution in [0, 0.1) is 5.82 Å². The van der Waals surface area contributed by atoms with Crippen LogP contribution in [0.4, 0.5) is 4.39 Å². The van der Waals surface area contributed by atoms with E-state index in [0.717, 1.165) is 36.0 Å². The fourth-order valence-electron chi connectivity index (χ4n) is 2.21. The zero-order valence-electron chi connectivity index (χ0n) is 10.4. The van der Waals surface area contributed by atoms with Crippen molar-refractivity contribution in [3.63, 3.8) is 0 Å². The van der Waals surface area contributed by atoms with Gasteiger partial charge in [0.05, 0.1) is 18.9 Å². The van der Waals surface area contributed by atoms with E-state index in [2.05, 4.69) is 21.2 Å². The summed E-state index contributed by atoms with van der Waals surface area (Å²) in [5.41, 5.74) is 1.77. The van der Waals surface area contributed by atoms with Crippen molar-refractivity contribution in [2.45, 2.75) is 25.8 Å². The molecule has 1 aliphatic rings. The van der Waals surface area contributed by atoms with E-state index in [1.54, 1.807) is 12.3 Å². The molecule has 2 nitrogen and oxygen atoms in total. The van der Waals surface area contributed by atoms with Crippen molar-refractivity contribution in [3.05, 3.63) is 45.9 Å². The van der Waals surface area contributed by atoms with Gasteiger partial charge in [-0.3, -0.25) is 0 Å². The van der Waals surface area contributed by atoms with Crippen LogP contribution in [0.15, 0.2) is 34.5 Å². The van der Waals surface area contributed by atoms with E-state index in [-0.39, 0.29) is 11.9 Å². The first-order valence-corrected chi connectivity index (χ1v) is 7.01. The first-order chi connectivity index (χ1) is 8.74. The predicted molar refractivity (Wildman–Crippen MR) is 73.8 cm³/mol. The van der Waals surface area contributed by atoms with Crippen molar-refractivity contribution >= 4 is 15.9 Å². The summed E-state index contributed by atoms with van der Waals surface area (Å²) in [6, 6.07) is 4.95. The molecular formula is C14H17BrFNO. The second-order valence-corrected chi connectivity index (χ2v) is 5.15. The SMILES string of the molecule is CCNC(C1=COCCC1)c1c(F)cccc1Br. The Morgan fingerprint density at radius 2 is 2.33 bits per heavy atom. The molecule has 2 rings (SSSR count). The zero-order valence-corrected chi connectivity index (χ0v) is 12.0. The van der Waals surface area contributed by atoms with Crippen LogP contribution in [0.2, 0.25) is 0 Å². The molecular weight excluding hydrogens is 297 g/mol. The molecule has 0 bridgehead atoms. The molecule has 18 heavy (non-hydrogen) atoms. The fraction of sp³-hybridized carbons (Fsp3) is 0.429. The minimum Gasteiger partial charge on any atom is -0.501 e. The van der Waals surface area contributed by atoms with E-state index in [1.807, 2.05) is 13.0 Å². The molecule has 1 atom stereocenters. The lowest BCUT2D eigenvalue weighted by Crippen LogP contribution is -2.25. The van der Waals surface area contributed by atoms with Gasteiger partial charge in [-0.1, -0.05) is 28.9 Å². The van der Waals surface area contributed by atoms with Gasteiger partial charge < -0.3 is 10.1 Å². The summed E-state index contributed by atoms with van der Waals surface area (Å²) in [7, 11) is 0. The second kappa shape index (κ2) is 6.34. The van der Waals surface area contributed by atoms with Gasteiger partial charge in [-0.15, -0.1) is 0 Å². The Morgan fingerprint density at radius 1 is 1.50 bits per heavy atom. The molecule has 0 amide bonds. The quantitative estimate of drug-likeness (QED) is 0.909. The van der Waals surface area contributed by atoms with E-state index in [0.29, 0.717) is 5.56 Å². The Balaban J connectivity index is 2.37. The molecule has 0 aliphatic carbocycles. The maximum absolute atomic E-state index is 14.0. The molecule has 1 N–H and O–H groups in total. The lowest BCUT2D eigenvalue weighted by molar-refractivity contribution is 0.219. The van der Waals surface area contributed by atoms with Gasteiger partial charge in [0.15, 0.2) is 0 Å². The van der Waals surface area contributed by atoms with Crippen LogP contribution in [0.5, 0.6) is 0 Å². The molecule has 0 saturated carbocycles. The number of benzene rings is 1. The molecule has 0 fully saturated rings. The Kier molecular flexibility index (Phi) is 4.78. The fourth-order valence-corrected chi connectivity index (χ4v) is 2.78. The summed E-state index contributed by atoms with van der Waals surface area (Å²) in [6.45, 7) is 3.55. The van der Waals surface area contributed by atoms with Gasteiger partial charge in [0, 0.05) is 10.0 Å². The molecule has 1 heterocycles. The summed E-state index contributed by atoms with van der Waals surface area (Å²) in [5.74, 6) is -0.193. The van der Waals surface area contributed by atoms with E-state index in [9.17, 15) is 4.39 Å². The maximum Gasteiger partial charge on any atom is 0.129 e. The molecule has 98 valence electrons. The van der Waals surface area contributed by atoms with Crippen LogP contribution in [0.25, 0.3) is 0 Å². The van der Waals surface area contributed by atoms with Crippen LogP contribution in [0.1, 0.15) is 31.4 Å². The predicted octanol–water partition coefficient (Wildman–Crippen LogP) is 3.93. The molecule has 1 aromatic rings. The van der Waals surface area contributed by atoms with Gasteiger partial charge in [-0.2, -0.15) is 0 Å². The molecule has 1 aromatic carbocycles. The smallest absolute Gasteiger partial charge is 0.129 e. The third-order valence-corrected chi connectivity index (χ3v) is 3.72. The number of hydrogen-bond donors (Lipinski definition) is 1. The summed E-state index contributed by atoms with van der Waals surface area (Å²) >= 11 is 3.44. The van der Waals surface area contributed by atoms with E-state index < -0.39 is 0 Å². The third kappa shape index (κ3) is 2.93. The molecule has 0 radical (unpaired) electrons. The van der Waals surface area contributed by atoms with Crippen molar-refractivity contribution in [1.82, 2.24) is 5.32 Å². The molecule has 1 unspecified atom stereocenters. The standard InChI is InChI=1S/C14H17BrFNO/c1-2-17-14(10-5-4-8-18-9-10)13-11(15)6-3-7-12(13)16/h3,6-7,9,14,17H,2,4-5,8H2,1H3. The molecule has 0 spiro atoms. The van der Waals surface area contributed by atoms with Crippen molar-refractivity contribution < 1.29 is 9.13 Å². The van der Waals surface area contributed by atoms with Gasteiger partial charge in [-0.25, -0.2) is 4.39 Å². The summed E-state index contributed by atoms with van der Waals surface area (Å²) < 4.78 is 20.2. The highest BCUT2D eigenvalue weighted by Crippen LogP contribution is 2.33. The monoisotopic (exact) mass is 313 g/mol. The second-order valence-electron chi connectivity index (χ2n) is 4.29. The number of halogens is 2. The van der Waals surface area contributed by atoms with Crippen LogP contribution in [-0.4, -0.2) is 13.2 Å². The van der Waals surface area contributed by atoms with Crippen molar-refractivity contribution in [2.75, 3.05) is 13.2 Å². The third-order valence-electron chi connectivity index (χ3n) is 3.03. The molecule has 0 aromatic heterocycles. The lowest BCUT2D eigenvalue weighted by Gasteiger charge is -2.25. The number of nitrogens with one attached hydrogen (secondary N) is 1. The first-order valence-electron chi connectivity index (χ1n) is 6.22. The zero-order chi connectivity index (χ0) is 13.0. The average molecular weight is 314 g/mol. The average Bonchev–Trinajstić information content (AvgIpc) is 2.38. The normalized spacial score (nSPS) is 16.9. The van der Waals surface area contributed by atoms with E-state index in [4.69, 9.17) is 4.74 Å². The minimum atomic E-state index is -0.193. The largest absolute Gasteiger partial charge is 0.501 e. The van der Waals surface area contributed by atoms with Crippen LogP contribution >= 0.6 is 15.9 Å². The molecule has 4 heteroatoms. The number of hydrogen-bond acceptors (Lipinski definition) is 2. The van der Waals surface area contributed by atoms with Crippen molar-refractivity contribution in [2.24, 2.45) is 0 Å². The Labute approximate surface area is 115 Å². The highest BCUT2D eigenvalue weighted by molar-refractivity contribution is 9.10. The van der Waals surface area contributed by atoms with Gasteiger partial charge in [0.1, 0.15) is 5.82 Å². The summed E-state index contributed by atoms with van der Waals surface area (Å²) in [6.07, 6.45) is 3.70. The lowest BCUT2D eigenvalue weighted by atomic mass is 9.95. The van der Waals surface area contributed by atoms with Gasteiger partial charge in [0.25, 0.3) is 0 Å². The van der Waals surface area contributed by atoms with Gasteiger partial charge in [0.2, 0.25) is 0 Å². The van der Waals surface area contributed by atoms with Crippen molar-refractivity contribution in [1.29, 1.82) is 0 Å². The number of rotatable bonds is 4. The molecule has 1 aliphatic heterocycles. The summed E-state index contributed by atoms with van der Waals surface area (Å²) in [5, 5.41) is 3.33. The Hall–Kier alpha value is -0.870. The van der Waals surface area contributed by atoms with Crippen LogP contribution in [-0.2, 0) is 4.74 Å². The Morgan fingerprint density at radius 3 is 2.94 bits per heavy atom. The maximum atomic E-state index is 14.0. The minimum absolute atomic E-state index is 0.120. The van der Waals surface area contributed by atoms with Gasteiger partial charge >= 0.3 is 0 Å². The van der Waals surface area contributed by atoms with Gasteiger partial charge in [-0.05, 0) is 37.1 Å². The molecule has 0 saturated heterocycles. The van der Waals surface area contributed by atoms with E-state index >= 15 is 0 Å². The summed E-state index contributed by atoms with van der Waals surface area (Å²) in [4.78, 5) is 0.